The number of amides is 1. The average Bonchev–Trinajstić information content (AvgIpc) is 3.64. The van der Waals surface area contributed by atoms with Crippen LogP contribution in [0.15, 0.2) is 72.8 Å². The zero-order valence-corrected chi connectivity index (χ0v) is 22.7. The van der Waals surface area contributed by atoms with Gasteiger partial charge in [-0.15, -0.1) is 17.2 Å². The van der Waals surface area contributed by atoms with E-state index in [4.69, 9.17) is 16.3 Å². The van der Waals surface area contributed by atoms with E-state index in [2.05, 4.69) is 39.9 Å². The summed E-state index contributed by atoms with van der Waals surface area (Å²) in [4.78, 5) is 12.6. The topological polar surface area (TPSA) is 69.0 Å². The third-order valence-corrected chi connectivity index (χ3v) is 6.27. The van der Waals surface area contributed by atoms with Gasteiger partial charge in [-0.25, -0.2) is 4.79 Å². The van der Waals surface area contributed by atoms with Gasteiger partial charge in [0.25, 0.3) is 0 Å². The zero-order valence-electron chi connectivity index (χ0n) is 20.0. The number of carbonyl (C=O) groups is 1. The summed E-state index contributed by atoms with van der Waals surface area (Å²) >= 11 is 6.22. The number of nitrogens with one attached hydrogen (secondary N) is 1. The Labute approximate surface area is 231 Å². The first kappa shape index (κ1) is 25.3. The Kier molecular flexibility index (Phi) is 7.87. The number of aromatic nitrogens is 3. The van der Waals surface area contributed by atoms with Crippen molar-refractivity contribution in [1.82, 2.24) is 15.0 Å². The van der Waals surface area contributed by atoms with Crippen molar-refractivity contribution in [1.29, 1.82) is 0 Å². The largest absolute Gasteiger partial charge is 1.00 e. The quantitative estimate of drug-likeness (QED) is 0.326. The smallest absolute Gasteiger partial charge is 0.441 e. The molecule has 1 aromatic heterocycles. The molecule has 0 unspecified atom stereocenters. The first-order chi connectivity index (χ1) is 16.5. The Morgan fingerprint density at radius 1 is 1.03 bits per heavy atom. The van der Waals surface area contributed by atoms with E-state index in [0.717, 1.165) is 22.4 Å². The van der Waals surface area contributed by atoms with Gasteiger partial charge in [-0.2, -0.15) is 28.3 Å². The van der Waals surface area contributed by atoms with E-state index in [0.29, 0.717) is 16.5 Å². The van der Waals surface area contributed by atoms with Crippen LogP contribution in [0.1, 0.15) is 42.7 Å². The fourth-order valence-corrected chi connectivity index (χ4v) is 4.17. The van der Waals surface area contributed by atoms with Crippen LogP contribution in [0.2, 0.25) is 5.02 Å². The fraction of sp³-hybridized carbons (Fsp3) is 0.185. The minimum Gasteiger partial charge on any atom is -0.441 e. The first-order valence-electron chi connectivity index (χ1n) is 11.2. The van der Waals surface area contributed by atoms with Crippen LogP contribution in [0, 0.1) is 12.8 Å². The summed E-state index contributed by atoms with van der Waals surface area (Å²) in [7, 11) is 0. The van der Waals surface area contributed by atoms with E-state index in [1.165, 1.54) is 24.3 Å². The van der Waals surface area contributed by atoms with Crippen molar-refractivity contribution in [2.75, 3.05) is 5.32 Å². The molecule has 0 radical (unpaired) electrons. The van der Waals surface area contributed by atoms with Crippen molar-refractivity contribution in [3.63, 3.8) is 0 Å². The van der Waals surface area contributed by atoms with Gasteiger partial charge < -0.3 is 4.74 Å². The third kappa shape index (κ3) is 5.73. The number of benzene rings is 3. The van der Waals surface area contributed by atoms with Gasteiger partial charge in [0.05, 0.1) is 5.69 Å². The number of hydrogen-bond acceptors (Lipinski definition) is 4. The Morgan fingerprint density at radius 3 is 2.29 bits per heavy atom. The summed E-state index contributed by atoms with van der Waals surface area (Å²) in [6.07, 6.45) is 1.31. The number of ether oxygens (including phenoxy) is 1. The zero-order chi connectivity index (χ0) is 23.7. The maximum Gasteiger partial charge on any atom is 1.00 e. The normalized spacial score (nSPS) is 13.1. The summed E-state index contributed by atoms with van der Waals surface area (Å²) in [5.74, 6) is 1.98. The summed E-state index contributed by atoms with van der Waals surface area (Å²) in [5.41, 5.74) is 5.70. The van der Waals surface area contributed by atoms with Crippen LogP contribution in [0.25, 0.3) is 16.8 Å². The van der Waals surface area contributed by atoms with Gasteiger partial charge in [0.2, 0.25) is 0 Å². The van der Waals surface area contributed by atoms with Crippen molar-refractivity contribution >= 4 is 23.5 Å². The number of hydrogen-bond donors (Lipinski definition) is 1. The van der Waals surface area contributed by atoms with E-state index in [1.54, 1.807) is 24.6 Å². The summed E-state index contributed by atoms with van der Waals surface area (Å²) < 4.78 is 7.13. The van der Waals surface area contributed by atoms with Gasteiger partial charge in [0.15, 0.2) is 5.82 Å². The molecule has 4 aromatic rings. The SMILES string of the molecule is Cc1nnn(-c2ccc(-c3ccc([C-]4CC4)cc3)cc2)c1NC(=O)O[C@H](C)c1ccccc1Cl.[Na+]. The van der Waals surface area contributed by atoms with Crippen molar-refractivity contribution in [2.24, 2.45) is 0 Å². The second-order valence-electron chi connectivity index (χ2n) is 8.36. The van der Waals surface area contributed by atoms with Crippen LogP contribution in [-0.4, -0.2) is 21.1 Å². The molecule has 1 aliphatic rings. The van der Waals surface area contributed by atoms with Crippen molar-refractivity contribution in [2.45, 2.75) is 32.8 Å². The van der Waals surface area contributed by atoms with Gasteiger partial charge >= 0.3 is 35.7 Å². The van der Waals surface area contributed by atoms with Crippen LogP contribution in [0.3, 0.4) is 0 Å². The van der Waals surface area contributed by atoms with Crippen LogP contribution < -0.4 is 34.9 Å². The molecule has 5 rings (SSSR count). The van der Waals surface area contributed by atoms with Gasteiger partial charge in [0, 0.05) is 10.6 Å². The van der Waals surface area contributed by atoms with E-state index in [1.807, 2.05) is 42.5 Å². The minimum absolute atomic E-state index is 0. The van der Waals surface area contributed by atoms with Crippen molar-refractivity contribution in [3.05, 3.63) is 101 Å². The van der Waals surface area contributed by atoms with Crippen LogP contribution in [0.4, 0.5) is 10.6 Å². The first-order valence-corrected chi connectivity index (χ1v) is 11.6. The number of aryl methyl sites for hydroxylation is 1. The molecule has 0 saturated heterocycles. The van der Waals surface area contributed by atoms with Crippen LogP contribution >= 0.6 is 11.6 Å². The maximum atomic E-state index is 12.6. The predicted molar refractivity (Wildman–Crippen MR) is 133 cm³/mol. The second kappa shape index (κ2) is 10.9. The Hall–Kier alpha value is -2.77. The molecule has 1 atom stereocenters. The molecule has 35 heavy (non-hydrogen) atoms. The minimum atomic E-state index is -0.607. The summed E-state index contributed by atoms with van der Waals surface area (Å²) in [5, 5.41) is 11.7. The number of rotatable bonds is 6. The Bertz CT molecular complexity index is 1320. The second-order valence-corrected chi connectivity index (χ2v) is 8.76. The van der Waals surface area contributed by atoms with Gasteiger partial charge in [-0.1, -0.05) is 60.0 Å². The summed E-state index contributed by atoms with van der Waals surface area (Å²) in [6, 6.07) is 23.9. The Balaban J connectivity index is 0.00000289. The van der Waals surface area contributed by atoms with Crippen LogP contribution in [-0.2, 0) is 4.74 Å². The number of carbonyl (C=O) groups excluding carboxylic acids is 1. The number of anilines is 1. The molecular weight excluding hydrogens is 471 g/mol. The number of halogens is 1. The summed E-state index contributed by atoms with van der Waals surface area (Å²) in [6.45, 7) is 3.56. The molecule has 0 spiro atoms. The molecule has 6 nitrogen and oxygen atoms in total. The Morgan fingerprint density at radius 2 is 1.66 bits per heavy atom. The maximum absolute atomic E-state index is 12.6. The van der Waals surface area contributed by atoms with E-state index in [9.17, 15) is 4.79 Å². The molecule has 8 heteroatoms. The molecule has 1 fully saturated rings. The molecular formula is C27H24ClN4NaO2. The molecule has 172 valence electrons. The molecule has 1 heterocycles. The third-order valence-electron chi connectivity index (χ3n) is 5.92. The van der Waals surface area contributed by atoms with Crippen molar-refractivity contribution in [3.8, 4) is 16.8 Å². The fourth-order valence-electron chi connectivity index (χ4n) is 3.88. The predicted octanol–water partition coefficient (Wildman–Crippen LogP) is 3.93. The molecule has 1 aliphatic carbocycles. The standard InChI is InChI=1S/C27H24ClN4O2.Na/c1-17-26(29-27(33)34-18(2)24-5-3-4-6-25(24)28)32(31-30-17)23-15-13-22(14-16-23)21-11-9-20(10-12-21)19-7-8-19;/h3-6,9-16,18H,7-8H2,1-2H3,(H,29,33);/q-1;+1/t18-;/m1./s1. The molecule has 0 aliphatic heterocycles. The monoisotopic (exact) mass is 494 g/mol. The van der Waals surface area contributed by atoms with Gasteiger partial charge in [0.1, 0.15) is 11.8 Å². The average molecular weight is 495 g/mol. The van der Waals surface area contributed by atoms with Gasteiger partial charge in [-0.05, 0) is 43.2 Å². The molecule has 1 amide bonds. The van der Waals surface area contributed by atoms with Gasteiger partial charge in [-0.3, -0.25) is 5.32 Å². The van der Waals surface area contributed by atoms with Crippen molar-refractivity contribution < 1.29 is 39.1 Å². The van der Waals surface area contributed by atoms with E-state index < -0.39 is 12.2 Å². The molecule has 0 bridgehead atoms. The van der Waals surface area contributed by atoms with E-state index in [-0.39, 0.29) is 29.6 Å². The molecule has 1 saturated carbocycles. The molecule has 1 N–H and O–H groups in total. The number of nitrogens with zero attached hydrogens (tertiary/aromatic N) is 3. The van der Waals surface area contributed by atoms with E-state index >= 15 is 0 Å². The van der Waals surface area contributed by atoms with Crippen LogP contribution in [0.5, 0.6) is 0 Å². The molecule has 3 aromatic carbocycles.